The van der Waals surface area contributed by atoms with Crippen LogP contribution >= 0.6 is 22.7 Å². The molecule has 0 saturated carbocycles. The zero-order valence-electron chi connectivity index (χ0n) is 19.8. The highest BCUT2D eigenvalue weighted by Gasteiger charge is 2.34. The first-order chi connectivity index (χ1) is 17.0. The molecule has 182 valence electrons. The Morgan fingerprint density at radius 2 is 2.03 bits per heavy atom. The average Bonchev–Trinajstić information content (AvgIpc) is 3.45. The summed E-state index contributed by atoms with van der Waals surface area (Å²) in [5.74, 6) is 0.570. The van der Waals surface area contributed by atoms with Crippen molar-refractivity contribution < 1.29 is 19.0 Å². The van der Waals surface area contributed by atoms with E-state index in [1.165, 1.54) is 11.3 Å². The first-order valence-electron chi connectivity index (χ1n) is 11.2. The summed E-state index contributed by atoms with van der Waals surface area (Å²) in [6, 6.07) is 8.59. The van der Waals surface area contributed by atoms with Crippen molar-refractivity contribution in [2.75, 3.05) is 19.8 Å². The van der Waals surface area contributed by atoms with E-state index in [4.69, 9.17) is 14.2 Å². The average molecular weight is 511 g/mol. The van der Waals surface area contributed by atoms with E-state index in [-0.39, 0.29) is 12.2 Å². The van der Waals surface area contributed by atoms with Crippen molar-refractivity contribution in [2.24, 2.45) is 4.99 Å². The van der Waals surface area contributed by atoms with Crippen molar-refractivity contribution in [3.8, 4) is 11.5 Å². The minimum atomic E-state index is -0.719. The van der Waals surface area contributed by atoms with Gasteiger partial charge in [0.05, 0.1) is 35.1 Å². The monoisotopic (exact) mass is 510 g/mol. The molecule has 0 unspecified atom stereocenters. The Kier molecular flexibility index (Phi) is 7.67. The number of ether oxygens (including phenoxy) is 3. The number of carbonyl (C=O) groups excluding carboxylic acids is 1. The minimum absolute atomic E-state index is 0.212. The second-order valence-electron chi connectivity index (χ2n) is 7.56. The number of benzene rings is 1. The molecule has 9 heteroatoms. The van der Waals surface area contributed by atoms with Crippen LogP contribution in [-0.2, 0) is 9.53 Å². The first-order valence-corrected chi connectivity index (χ1v) is 12.9. The van der Waals surface area contributed by atoms with Crippen LogP contribution in [0.4, 0.5) is 0 Å². The van der Waals surface area contributed by atoms with Crippen LogP contribution < -0.4 is 24.4 Å². The Labute approximate surface area is 210 Å². The lowest BCUT2D eigenvalue weighted by Crippen LogP contribution is -2.39. The maximum atomic E-state index is 13.6. The summed E-state index contributed by atoms with van der Waals surface area (Å²) >= 11 is 2.85. The highest BCUT2D eigenvalue weighted by molar-refractivity contribution is 7.11. The third-order valence-corrected chi connectivity index (χ3v) is 7.08. The van der Waals surface area contributed by atoms with E-state index in [2.05, 4.69) is 11.6 Å². The summed E-state index contributed by atoms with van der Waals surface area (Å²) in [6.07, 6.45) is 3.51. The molecule has 7 nitrogen and oxygen atoms in total. The number of hydrogen-bond donors (Lipinski definition) is 0. The van der Waals surface area contributed by atoms with Crippen LogP contribution in [0.25, 0.3) is 6.08 Å². The molecule has 35 heavy (non-hydrogen) atoms. The summed E-state index contributed by atoms with van der Waals surface area (Å²) in [5, 5.41) is 1.96. The lowest BCUT2D eigenvalue weighted by Gasteiger charge is -2.25. The van der Waals surface area contributed by atoms with E-state index >= 15 is 0 Å². The van der Waals surface area contributed by atoms with Gasteiger partial charge in [0.2, 0.25) is 0 Å². The van der Waals surface area contributed by atoms with Gasteiger partial charge in [-0.2, -0.15) is 0 Å². The molecule has 3 heterocycles. The first kappa shape index (κ1) is 24.7. The predicted octanol–water partition coefficient (Wildman–Crippen LogP) is 3.82. The molecule has 0 radical (unpaired) electrons. The van der Waals surface area contributed by atoms with E-state index < -0.39 is 12.0 Å². The number of thiophene rings is 1. The molecule has 1 atom stereocenters. The number of fused-ring (bicyclic) bond motifs is 1. The SMILES string of the molecule is C=CCOc1ccc([C@H]2C(C(=O)OCC)=C(C)N=c3s/c(=C/c4cccs4)c(=O)n32)cc1OCC. The maximum absolute atomic E-state index is 13.6. The van der Waals surface area contributed by atoms with Crippen LogP contribution in [0.1, 0.15) is 37.3 Å². The molecule has 0 aliphatic carbocycles. The van der Waals surface area contributed by atoms with Gasteiger partial charge in [-0.25, -0.2) is 9.79 Å². The largest absolute Gasteiger partial charge is 0.490 e. The van der Waals surface area contributed by atoms with Crippen molar-refractivity contribution in [3.63, 3.8) is 0 Å². The number of nitrogens with zero attached hydrogens (tertiary/aromatic N) is 2. The van der Waals surface area contributed by atoms with Gasteiger partial charge in [-0.05, 0) is 56.0 Å². The molecule has 4 rings (SSSR count). The molecular formula is C26H26N2O5S2. The van der Waals surface area contributed by atoms with Crippen LogP contribution in [-0.4, -0.2) is 30.4 Å². The van der Waals surface area contributed by atoms with Crippen molar-refractivity contribution in [2.45, 2.75) is 26.8 Å². The third kappa shape index (κ3) is 5.01. The van der Waals surface area contributed by atoms with Gasteiger partial charge in [0, 0.05) is 4.88 Å². The molecule has 1 aromatic carbocycles. The zero-order chi connectivity index (χ0) is 24.9. The van der Waals surface area contributed by atoms with Crippen LogP contribution in [0.5, 0.6) is 11.5 Å². The molecule has 0 spiro atoms. The predicted molar refractivity (Wildman–Crippen MR) is 138 cm³/mol. The highest BCUT2D eigenvalue weighted by Crippen LogP contribution is 2.36. The van der Waals surface area contributed by atoms with Gasteiger partial charge in [0.15, 0.2) is 16.3 Å². The smallest absolute Gasteiger partial charge is 0.338 e. The molecule has 0 N–H and O–H groups in total. The number of allylic oxidation sites excluding steroid dienone is 1. The molecule has 3 aromatic rings. The fourth-order valence-electron chi connectivity index (χ4n) is 3.84. The molecule has 1 aliphatic rings. The molecule has 2 aromatic heterocycles. The molecule has 0 saturated heterocycles. The van der Waals surface area contributed by atoms with Crippen LogP contribution in [0.3, 0.4) is 0 Å². The lowest BCUT2D eigenvalue weighted by atomic mass is 9.95. The fraction of sp³-hybridized carbons (Fsp3) is 0.269. The molecule has 0 fully saturated rings. The van der Waals surface area contributed by atoms with Gasteiger partial charge < -0.3 is 14.2 Å². The zero-order valence-corrected chi connectivity index (χ0v) is 21.4. The van der Waals surface area contributed by atoms with Crippen molar-refractivity contribution in [1.82, 2.24) is 4.57 Å². The van der Waals surface area contributed by atoms with Gasteiger partial charge in [-0.3, -0.25) is 9.36 Å². The van der Waals surface area contributed by atoms with Gasteiger partial charge in [0.25, 0.3) is 5.56 Å². The Bertz CT molecular complexity index is 1450. The summed E-state index contributed by atoms with van der Waals surface area (Å²) in [5.41, 5.74) is 1.32. The van der Waals surface area contributed by atoms with Crippen LogP contribution in [0.2, 0.25) is 0 Å². The third-order valence-electron chi connectivity index (χ3n) is 5.27. The van der Waals surface area contributed by atoms with Gasteiger partial charge in [-0.1, -0.05) is 36.1 Å². The maximum Gasteiger partial charge on any atom is 0.338 e. The molecule has 1 aliphatic heterocycles. The lowest BCUT2D eigenvalue weighted by molar-refractivity contribution is -0.139. The van der Waals surface area contributed by atoms with Gasteiger partial charge >= 0.3 is 5.97 Å². The van der Waals surface area contributed by atoms with E-state index in [9.17, 15) is 9.59 Å². The summed E-state index contributed by atoms with van der Waals surface area (Å²) in [4.78, 5) is 32.8. The Hall–Kier alpha value is -3.43. The van der Waals surface area contributed by atoms with Gasteiger partial charge in [-0.15, -0.1) is 11.3 Å². The molecule has 0 bridgehead atoms. The second-order valence-corrected chi connectivity index (χ2v) is 9.54. The Morgan fingerprint density at radius 1 is 1.20 bits per heavy atom. The normalized spacial score (nSPS) is 15.4. The standard InChI is InChI=1S/C26H26N2O5S2/c1-5-12-33-19-11-10-17(14-20(19)31-6-2)23-22(25(30)32-7-3)16(4)27-26-28(23)24(29)21(35-26)15-18-9-8-13-34-18/h5,8-11,13-15,23H,1,6-7,12H2,2-4H3/b21-15+/t23-/m0/s1. The number of hydrogen-bond acceptors (Lipinski definition) is 8. The number of carbonyl (C=O) groups is 1. The van der Waals surface area contributed by atoms with Crippen molar-refractivity contribution in [3.05, 3.63) is 89.8 Å². The number of esters is 1. The number of thiazole rings is 1. The summed E-state index contributed by atoms with van der Waals surface area (Å²) in [7, 11) is 0. The van der Waals surface area contributed by atoms with E-state index in [0.717, 1.165) is 4.88 Å². The van der Waals surface area contributed by atoms with E-state index in [1.807, 2.05) is 36.6 Å². The highest BCUT2D eigenvalue weighted by atomic mass is 32.1. The molecule has 0 amide bonds. The number of aromatic nitrogens is 1. The van der Waals surface area contributed by atoms with Crippen molar-refractivity contribution in [1.29, 1.82) is 0 Å². The number of rotatable bonds is 9. The van der Waals surface area contributed by atoms with Crippen molar-refractivity contribution >= 4 is 34.7 Å². The quantitative estimate of drug-likeness (QED) is 0.323. The van der Waals surface area contributed by atoms with E-state index in [0.29, 0.717) is 50.9 Å². The summed E-state index contributed by atoms with van der Waals surface area (Å²) < 4.78 is 19.0. The fourth-order valence-corrected chi connectivity index (χ4v) is 5.61. The van der Waals surface area contributed by atoms with Gasteiger partial charge in [0.1, 0.15) is 6.61 Å². The topological polar surface area (TPSA) is 79.1 Å². The Balaban J connectivity index is 1.93. The Morgan fingerprint density at radius 3 is 2.71 bits per heavy atom. The minimum Gasteiger partial charge on any atom is -0.490 e. The van der Waals surface area contributed by atoms with Crippen LogP contribution in [0.15, 0.2) is 69.4 Å². The van der Waals surface area contributed by atoms with E-state index in [1.54, 1.807) is 48.0 Å². The molecular weight excluding hydrogens is 484 g/mol. The summed E-state index contributed by atoms with van der Waals surface area (Å²) in [6.45, 7) is 10.0. The van der Waals surface area contributed by atoms with Crippen LogP contribution in [0, 0.1) is 0 Å². The second kappa shape index (κ2) is 10.9.